The molecule has 0 atom stereocenters. The second kappa shape index (κ2) is 5.44. The van der Waals surface area contributed by atoms with Gasteiger partial charge in [-0.25, -0.2) is 13.2 Å². The highest BCUT2D eigenvalue weighted by Gasteiger charge is 2.06. The lowest BCUT2D eigenvalue weighted by Gasteiger charge is -2.09. The van der Waals surface area contributed by atoms with Crippen molar-refractivity contribution in [3.8, 4) is 0 Å². The van der Waals surface area contributed by atoms with Gasteiger partial charge in [0.25, 0.3) is 0 Å². The van der Waals surface area contributed by atoms with Crippen LogP contribution in [-0.4, -0.2) is 0 Å². The van der Waals surface area contributed by atoms with E-state index in [9.17, 15) is 13.2 Å². The number of nitrogens with one attached hydrogen (secondary N) is 1. The molecule has 5 heteroatoms. The Kier molecular flexibility index (Phi) is 3.91. The van der Waals surface area contributed by atoms with E-state index in [0.29, 0.717) is 5.56 Å². The van der Waals surface area contributed by atoms with E-state index in [1.165, 1.54) is 6.07 Å². The molecule has 0 spiro atoms. The summed E-state index contributed by atoms with van der Waals surface area (Å²) in [5.41, 5.74) is 0.377. The van der Waals surface area contributed by atoms with Crippen LogP contribution in [0.4, 0.5) is 18.9 Å². The fraction of sp³-hybridized carbons (Fsp3) is 0.0769. The summed E-state index contributed by atoms with van der Waals surface area (Å²) < 4.78 is 40.4. The molecule has 0 radical (unpaired) electrons. The topological polar surface area (TPSA) is 12.0 Å². The molecule has 0 amide bonds. The number of rotatable bonds is 3. The molecule has 0 saturated carbocycles. The standard InChI is InChI=1S/C13H9BrF3N/c14-9-1-3-11(16)8(5-9)7-18-13-6-10(15)2-4-12(13)17/h1-6,18H,7H2. The van der Waals surface area contributed by atoms with Crippen LogP contribution >= 0.6 is 15.9 Å². The molecule has 2 aromatic carbocycles. The predicted octanol–water partition coefficient (Wildman–Crippen LogP) is 4.48. The molecule has 1 N–H and O–H groups in total. The van der Waals surface area contributed by atoms with Crippen molar-refractivity contribution >= 4 is 21.6 Å². The van der Waals surface area contributed by atoms with Crippen LogP contribution in [0.2, 0.25) is 0 Å². The Morgan fingerprint density at radius 1 is 0.944 bits per heavy atom. The molecule has 2 aromatic rings. The van der Waals surface area contributed by atoms with Crippen LogP contribution in [0.15, 0.2) is 40.9 Å². The van der Waals surface area contributed by atoms with Crippen molar-refractivity contribution in [2.45, 2.75) is 6.54 Å². The van der Waals surface area contributed by atoms with Gasteiger partial charge in [0.2, 0.25) is 0 Å². The third-order valence-electron chi connectivity index (χ3n) is 2.41. The van der Waals surface area contributed by atoms with Gasteiger partial charge in [-0.15, -0.1) is 0 Å². The second-order valence-corrected chi connectivity index (χ2v) is 4.63. The molecule has 0 saturated heterocycles. The Morgan fingerprint density at radius 3 is 2.44 bits per heavy atom. The molecule has 0 aliphatic heterocycles. The van der Waals surface area contributed by atoms with E-state index >= 15 is 0 Å². The summed E-state index contributed by atoms with van der Waals surface area (Å²) in [7, 11) is 0. The largest absolute Gasteiger partial charge is 0.378 e. The maximum absolute atomic E-state index is 13.4. The summed E-state index contributed by atoms with van der Waals surface area (Å²) >= 11 is 3.22. The Labute approximate surface area is 111 Å². The van der Waals surface area contributed by atoms with E-state index < -0.39 is 17.5 Å². The van der Waals surface area contributed by atoms with Crippen LogP contribution in [0.5, 0.6) is 0 Å². The molecule has 0 aliphatic carbocycles. The Morgan fingerprint density at radius 2 is 1.67 bits per heavy atom. The van der Waals surface area contributed by atoms with Gasteiger partial charge in [-0.2, -0.15) is 0 Å². The van der Waals surface area contributed by atoms with Gasteiger partial charge >= 0.3 is 0 Å². The SMILES string of the molecule is Fc1ccc(F)c(NCc2cc(Br)ccc2F)c1. The first-order chi connectivity index (χ1) is 8.56. The van der Waals surface area contributed by atoms with Gasteiger partial charge in [0.1, 0.15) is 17.5 Å². The van der Waals surface area contributed by atoms with Crippen LogP contribution in [0.1, 0.15) is 5.56 Å². The van der Waals surface area contributed by atoms with Gasteiger partial charge in [-0.05, 0) is 36.4 Å². The summed E-state index contributed by atoms with van der Waals surface area (Å²) in [4.78, 5) is 0. The summed E-state index contributed by atoms with van der Waals surface area (Å²) in [5, 5.41) is 2.66. The summed E-state index contributed by atoms with van der Waals surface area (Å²) in [6.07, 6.45) is 0. The minimum atomic E-state index is -0.577. The van der Waals surface area contributed by atoms with E-state index in [2.05, 4.69) is 21.2 Å². The Balaban J connectivity index is 2.16. The average molecular weight is 316 g/mol. The highest BCUT2D eigenvalue weighted by Crippen LogP contribution is 2.19. The third-order valence-corrected chi connectivity index (χ3v) is 2.90. The lowest BCUT2D eigenvalue weighted by Crippen LogP contribution is -2.03. The first-order valence-corrected chi connectivity index (χ1v) is 5.98. The lowest BCUT2D eigenvalue weighted by atomic mass is 10.2. The smallest absolute Gasteiger partial charge is 0.146 e. The summed E-state index contributed by atoms with van der Waals surface area (Å²) in [5.74, 6) is -1.53. The maximum Gasteiger partial charge on any atom is 0.146 e. The zero-order valence-corrected chi connectivity index (χ0v) is 10.8. The molecule has 18 heavy (non-hydrogen) atoms. The van der Waals surface area contributed by atoms with Gasteiger partial charge in [0.15, 0.2) is 0 Å². The molecule has 94 valence electrons. The minimum Gasteiger partial charge on any atom is -0.378 e. The Hall–Kier alpha value is -1.49. The monoisotopic (exact) mass is 315 g/mol. The molecule has 0 bridgehead atoms. The first kappa shape index (κ1) is 13.0. The van der Waals surface area contributed by atoms with Gasteiger partial charge in [0, 0.05) is 16.6 Å². The van der Waals surface area contributed by atoms with Crippen LogP contribution in [0.25, 0.3) is 0 Å². The van der Waals surface area contributed by atoms with Crippen LogP contribution in [-0.2, 0) is 6.54 Å². The van der Waals surface area contributed by atoms with Gasteiger partial charge in [-0.3, -0.25) is 0 Å². The number of halogens is 4. The van der Waals surface area contributed by atoms with Crippen molar-refractivity contribution in [3.05, 3.63) is 63.9 Å². The molecule has 0 aliphatic rings. The fourth-order valence-corrected chi connectivity index (χ4v) is 1.91. The van der Waals surface area contributed by atoms with Crippen molar-refractivity contribution in [3.63, 3.8) is 0 Å². The number of benzene rings is 2. The molecule has 0 unspecified atom stereocenters. The first-order valence-electron chi connectivity index (χ1n) is 5.19. The fourth-order valence-electron chi connectivity index (χ4n) is 1.50. The predicted molar refractivity (Wildman–Crippen MR) is 67.8 cm³/mol. The normalized spacial score (nSPS) is 10.4. The number of hydrogen-bond acceptors (Lipinski definition) is 1. The highest BCUT2D eigenvalue weighted by atomic mass is 79.9. The maximum atomic E-state index is 13.4. The van der Waals surface area contributed by atoms with Crippen LogP contribution in [0.3, 0.4) is 0 Å². The van der Waals surface area contributed by atoms with E-state index in [1.54, 1.807) is 12.1 Å². The zero-order chi connectivity index (χ0) is 13.1. The van der Waals surface area contributed by atoms with Crippen LogP contribution < -0.4 is 5.32 Å². The molecule has 0 fully saturated rings. The van der Waals surface area contributed by atoms with Crippen molar-refractivity contribution in [2.24, 2.45) is 0 Å². The van der Waals surface area contributed by atoms with E-state index in [4.69, 9.17) is 0 Å². The van der Waals surface area contributed by atoms with Crippen molar-refractivity contribution in [1.82, 2.24) is 0 Å². The minimum absolute atomic E-state index is 0.00868. The second-order valence-electron chi connectivity index (χ2n) is 3.71. The number of hydrogen-bond donors (Lipinski definition) is 1. The summed E-state index contributed by atoms with van der Waals surface area (Å²) in [6, 6.07) is 7.55. The molecular weight excluding hydrogens is 307 g/mol. The third kappa shape index (κ3) is 3.04. The molecule has 0 aromatic heterocycles. The highest BCUT2D eigenvalue weighted by molar-refractivity contribution is 9.10. The summed E-state index contributed by atoms with van der Waals surface area (Å²) in [6.45, 7) is 0.0750. The van der Waals surface area contributed by atoms with E-state index in [1.807, 2.05) is 0 Å². The molecule has 2 rings (SSSR count). The van der Waals surface area contributed by atoms with E-state index in [-0.39, 0.29) is 12.2 Å². The molecular formula is C13H9BrF3N. The van der Waals surface area contributed by atoms with Crippen LogP contribution in [0, 0.1) is 17.5 Å². The molecule has 1 nitrogen and oxygen atoms in total. The van der Waals surface area contributed by atoms with Crippen molar-refractivity contribution < 1.29 is 13.2 Å². The van der Waals surface area contributed by atoms with Gasteiger partial charge in [-0.1, -0.05) is 15.9 Å². The zero-order valence-electron chi connectivity index (χ0n) is 9.18. The van der Waals surface area contributed by atoms with Crippen molar-refractivity contribution in [1.29, 1.82) is 0 Å². The van der Waals surface area contributed by atoms with E-state index in [0.717, 1.165) is 22.7 Å². The Bertz CT molecular complexity index is 521. The quantitative estimate of drug-likeness (QED) is 0.880. The number of anilines is 1. The average Bonchev–Trinajstić information content (AvgIpc) is 2.34. The lowest BCUT2D eigenvalue weighted by molar-refractivity contribution is 0.599. The molecule has 0 heterocycles. The van der Waals surface area contributed by atoms with Gasteiger partial charge < -0.3 is 5.32 Å². The van der Waals surface area contributed by atoms with Crippen molar-refractivity contribution in [2.75, 3.05) is 5.32 Å². The van der Waals surface area contributed by atoms with Gasteiger partial charge in [0.05, 0.1) is 5.69 Å².